The van der Waals surface area contributed by atoms with Crippen LogP contribution < -0.4 is 9.47 Å². The minimum atomic E-state index is -4.58. The Bertz CT molecular complexity index is 1090. The molecular formula is C22H20F3N4O2+. The second-order valence-corrected chi connectivity index (χ2v) is 6.49. The molecule has 1 aliphatic rings. The number of amides is 1. The van der Waals surface area contributed by atoms with Crippen LogP contribution in [0.4, 0.5) is 19.0 Å². The minimum absolute atomic E-state index is 0.00820. The zero-order valence-electron chi connectivity index (χ0n) is 16.9. The van der Waals surface area contributed by atoms with Gasteiger partial charge >= 0.3 is 18.0 Å². The molecule has 1 amide bonds. The van der Waals surface area contributed by atoms with E-state index in [1.54, 1.807) is 18.2 Å². The van der Waals surface area contributed by atoms with Gasteiger partial charge in [-0.1, -0.05) is 38.1 Å². The fourth-order valence-electron chi connectivity index (χ4n) is 3.29. The van der Waals surface area contributed by atoms with Gasteiger partial charge in [0.25, 0.3) is 5.82 Å². The summed E-state index contributed by atoms with van der Waals surface area (Å²) in [5.74, 6) is -2.27. The van der Waals surface area contributed by atoms with Crippen molar-refractivity contribution in [1.29, 1.82) is 0 Å². The number of benzene rings is 1. The Morgan fingerprint density at radius 2 is 1.74 bits per heavy atom. The standard InChI is InChI=1S/C20H14F3N4O2.C2H6/c21-20(22,23)15-5-3-4-14(8-15)17-18(28)26-7-2-1-6-16(26)27(19(17)29)11-13-9-24-12-25-10-13;1-2/h1-10,12,17H,11H2;1-2H3/q+1;. The molecule has 1 aromatic carbocycles. The molecular weight excluding hydrogens is 409 g/mol. The minimum Gasteiger partial charge on any atom is -0.245 e. The van der Waals surface area contributed by atoms with Crippen molar-refractivity contribution in [2.75, 3.05) is 4.90 Å². The summed E-state index contributed by atoms with van der Waals surface area (Å²) < 4.78 is 40.7. The number of hydrogen-bond donors (Lipinski definition) is 0. The van der Waals surface area contributed by atoms with Crippen molar-refractivity contribution in [3.8, 4) is 0 Å². The van der Waals surface area contributed by atoms with Crippen LogP contribution in [-0.2, 0) is 17.5 Å². The maximum absolute atomic E-state index is 13.2. The Morgan fingerprint density at radius 1 is 1.03 bits per heavy atom. The largest absolute Gasteiger partial charge is 0.416 e. The first-order chi connectivity index (χ1) is 14.9. The number of nitrogens with zero attached hydrogens (tertiary/aromatic N) is 4. The van der Waals surface area contributed by atoms with E-state index in [1.807, 2.05) is 13.8 Å². The fourth-order valence-corrected chi connectivity index (χ4v) is 3.29. The molecule has 2 aromatic heterocycles. The fraction of sp³-hybridized carbons (Fsp3) is 0.227. The predicted octanol–water partition coefficient (Wildman–Crippen LogP) is 3.78. The van der Waals surface area contributed by atoms with Gasteiger partial charge in [-0.3, -0.25) is 0 Å². The third-order valence-electron chi connectivity index (χ3n) is 4.61. The van der Waals surface area contributed by atoms with E-state index in [4.69, 9.17) is 0 Å². The van der Waals surface area contributed by atoms with Gasteiger partial charge in [-0.25, -0.2) is 19.6 Å². The molecule has 1 unspecified atom stereocenters. The number of pyridine rings is 1. The summed E-state index contributed by atoms with van der Waals surface area (Å²) in [7, 11) is 0. The van der Waals surface area contributed by atoms with Crippen LogP contribution in [0.25, 0.3) is 0 Å². The SMILES string of the molecule is CC.O=C1C(c2cccc(C(F)(F)F)c2)C(=O)[n+]2ccccc2N1Cc1cncnc1. The van der Waals surface area contributed by atoms with Crippen LogP contribution in [0.5, 0.6) is 0 Å². The highest BCUT2D eigenvalue weighted by molar-refractivity contribution is 6.11. The van der Waals surface area contributed by atoms with Crippen LogP contribution in [0.3, 0.4) is 0 Å². The zero-order chi connectivity index (χ0) is 22.6. The first-order valence-electron chi connectivity index (χ1n) is 9.63. The Balaban J connectivity index is 0.00000132. The first-order valence-corrected chi connectivity index (χ1v) is 9.63. The normalized spacial score (nSPS) is 15.8. The maximum Gasteiger partial charge on any atom is 0.416 e. The summed E-state index contributed by atoms with van der Waals surface area (Å²) in [4.78, 5) is 35.4. The highest BCUT2D eigenvalue weighted by atomic mass is 19.4. The number of carbonyl (C=O) groups is 2. The number of aromatic nitrogens is 3. The van der Waals surface area contributed by atoms with Crippen molar-refractivity contribution in [3.05, 3.63) is 84.1 Å². The molecule has 0 aliphatic carbocycles. The average molecular weight is 429 g/mol. The van der Waals surface area contributed by atoms with Crippen LogP contribution in [0, 0.1) is 0 Å². The van der Waals surface area contributed by atoms with Crippen LogP contribution in [0.15, 0.2) is 67.4 Å². The van der Waals surface area contributed by atoms with E-state index in [0.717, 1.165) is 12.1 Å². The summed E-state index contributed by atoms with van der Waals surface area (Å²) in [6.07, 6.45) is 1.31. The second kappa shape index (κ2) is 9.03. The number of hydrogen-bond acceptors (Lipinski definition) is 4. The molecule has 1 aliphatic heterocycles. The maximum atomic E-state index is 13.2. The summed E-state index contributed by atoms with van der Waals surface area (Å²) in [6.45, 7) is 4.08. The Hall–Kier alpha value is -3.62. The molecule has 0 saturated carbocycles. The molecule has 0 bridgehead atoms. The molecule has 0 N–H and O–H groups in total. The summed E-state index contributed by atoms with van der Waals surface area (Å²) in [6, 6.07) is 9.19. The van der Waals surface area contributed by atoms with Crippen molar-refractivity contribution in [2.24, 2.45) is 0 Å². The molecule has 0 saturated heterocycles. The van der Waals surface area contributed by atoms with Gasteiger partial charge in [0.1, 0.15) is 12.9 Å². The molecule has 3 heterocycles. The van der Waals surface area contributed by atoms with Crippen molar-refractivity contribution in [3.63, 3.8) is 0 Å². The van der Waals surface area contributed by atoms with Crippen molar-refractivity contribution < 1.29 is 27.3 Å². The molecule has 1 atom stereocenters. The number of halogens is 3. The lowest BCUT2D eigenvalue weighted by molar-refractivity contribution is -0.563. The van der Waals surface area contributed by atoms with Gasteiger partial charge in [0.2, 0.25) is 0 Å². The highest BCUT2D eigenvalue weighted by Gasteiger charge is 2.48. The van der Waals surface area contributed by atoms with E-state index in [0.29, 0.717) is 11.4 Å². The number of rotatable bonds is 3. The van der Waals surface area contributed by atoms with Gasteiger partial charge in [-0.15, -0.1) is 0 Å². The summed E-state index contributed by atoms with van der Waals surface area (Å²) in [5.41, 5.74) is -0.304. The second-order valence-electron chi connectivity index (χ2n) is 6.49. The van der Waals surface area contributed by atoms with E-state index < -0.39 is 29.5 Å². The smallest absolute Gasteiger partial charge is 0.245 e. The van der Waals surface area contributed by atoms with Crippen molar-refractivity contribution in [1.82, 2.24) is 9.97 Å². The van der Waals surface area contributed by atoms with E-state index in [2.05, 4.69) is 9.97 Å². The quantitative estimate of drug-likeness (QED) is 0.470. The van der Waals surface area contributed by atoms with Gasteiger partial charge in [0.15, 0.2) is 5.92 Å². The third kappa shape index (κ3) is 4.45. The van der Waals surface area contributed by atoms with Gasteiger partial charge in [-0.05, 0) is 17.7 Å². The average Bonchev–Trinajstić information content (AvgIpc) is 2.78. The lowest BCUT2D eigenvalue weighted by Crippen LogP contribution is -2.59. The lowest BCUT2D eigenvalue weighted by Gasteiger charge is -2.26. The van der Waals surface area contributed by atoms with E-state index in [-0.39, 0.29) is 12.1 Å². The Morgan fingerprint density at radius 3 is 2.42 bits per heavy atom. The zero-order valence-corrected chi connectivity index (χ0v) is 16.9. The number of fused-ring (bicyclic) bond motifs is 1. The molecule has 4 rings (SSSR count). The molecule has 0 spiro atoms. The Kier molecular flexibility index (Phi) is 6.43. The van der Waals surface area contributed by atoms with E-state index in [1.165, 1.54) is 46.5 Å². The highest BCUT2D eigenvalue weighted by Crippen LogP contribution is 2.33. The first kappa shape index (κ1) is 22.1. The molecule has 6 nitrogen and oxygen atoms in total. The number of anilines is 1. The van der Waals surface area contributed by atoms with Crippen LogP contribution in [0.1, 0.15) is 41.3 Å². The summed E-state index contributed by atoms with van der Waals surface area (Å²) >= 11 is 0. The van der Waals surface area contributed by atoms with Crippen LogP contribution in [0.2, 0.25) is 0 Å². The molecule has 0 fully saturated rings. The van der Waals surface area contributed by atoms with Gasteiger partial charge in [0.05, 0.1) is 11.8 Å². The van der Waals surface area contributed by atoms with Crippen molar-refractivity contribution >= 4 is 17.6 Å². The van der Waals surface area contributed by atoms with Gasteiger partial charge in [-0.2, -0.15) is 22.6 Å². The van der Waals surface area contributed by atoms with E-state index in [9.17, 15) is 22.8 Å². The lowest BCUT2D eigenvalue weighted by atomic mass is 9.92. The third-order valence-corrected chi connectivity index (χ3v) is 4.61. The molecule has 160 valence electrons. The summed E-state index contributed by atoms with van der Waals surface area (Å²) in [5, 5.41) is 0. The van der Waals surface area contributed by atoms with Crippen LogP contribution in [-0.4, -0.2) is 21.8 Å². The van der Waals surface area contributed by atoms with Gasteiger partial charge in [0, 0.05) is 24.0 Å². The molecule has 31 heavy (non-hydrogen) atoms. The monoisotopic (exact) mass is 429 g/mol. The van der Waals surface area contributed by atoms with E-state index >= 15 is 0 Å². The molecule has 9 heteroatoms. The molecule has 3 aromatic rings. The molecule has 0 radical (unpaired) electrons. The topological polar surface area (TPSA) is 67.0 Å². The van der Waals surface area contributed by atoms with Gasteiger partial charge < -0.3 is 0 Å². The van der Waals surface area contributed by atoms with Crippen LogP contribution >= 0.6 is 0 Å². The number of alkyl halides is 3. The predicted molar refractivity (Wildman–Crippen MR) is 106 cm³/mol. The Labute approximate surface area is 177 Å². The van der Waals surface area contributed by atoms with Crippen molar-refractivity contribution in [2.45, 2.75) is 32.5 Å². The number of carbonyl (C=O) groups excluding carboxylic acids is 2.